The van der Waals surface area contributed by atoms with E-state index in [0.717, 1.165) is 12.8 Å². The molecule has 5 atom stereocenters. The molecule has 4 aliphatic rings. The monoisotopic (exact) mass is 843 g/mol. The van der Waals surface area contributed by atoms with Gasteiger partial charge in [0.25, 0.3) is 11.8 Å². The van der Waals surface area contributed by atoms with Gasteiger partial charge in [0.05, 0.1) is 33.0 Å². The van der Waals surface area contributed by atoms with E-state index in [9.17, 15) is 27.6 Å². The molecule has 1 saturated heterocycles. The van der Waals surface area contributed by atoms with E-state index in [-0.39, 0.29) is 47.1 Å². The number of sulfonamides is 1. The van der Waals surface area contributed by atoms with Crippen molar-refractivity contribution in [2.75, 3.05) is 6.54 Å². The van der Waals surface area contributed by atoms with Gasteiger partial charge < -0.3 is 25.0 Å². The zero-order chi connectivity index (χ0) is 40.9. The number of rotatable bonds is 9. The average Bonchev–Trinajstić information content (AvgIpc) is 3.95. The quantitative estimate of drug-likeness (QED) is 0.257. The summed E-state index contributed by atoms with van der Waals surface area (Å²) in [6, 6.07) is 4.31. The summed E-state index contributed by atoms with van der Waals surface area (Å²) in [6.07, 6.45) is 8.55. The molecule has 2 saturated carbocycles. The van der Waals surface area contributed by atoms with Gasteiger partial charge in [0.2, 0.25) is 27.7 Å². The summed E-state index contributed by atoms with van der Waals surface area (Å²) in [6.45, 7) is 5.21. The van der Waals surface area contributed by atoms with Crippen molar-refractivity contribution in [2.45, 2.75) is 113 Å². The summed E-state index contributed by atoms with van der Waals surface area (Å²) in [7, 11) is -2.33. The van der Waals surface area contributed by atoms with E-state index >= 15 is 0 Å². The highest BCUT2D eigenvalue weighted by Gasteiger charge is 2.63. The largest absolute Gasteiger partial charge is 0.488 e. The normalized spacial score (nSPS) is 26.1. The van der Waals surface area contributed by atoms with Gasteiger partial charge in [0, 0.05) is 37.0 Å². The van der Waals surface area contributed by atoms with Crippen molar-refractivity contribution in [2.24, 2.45) is 13.0 Å². The molecular formula is C39H47Cl2N7O8S. The van der Waals surface area contributed by atoms with Gasteiger partial charge in [-0.05, 0) is 77.5 Å². The highest BCUT2D eigenvalue weighted by molar-refractivity contribution is 7.91. The molecule has 2 aliphatic heterocycles. The number of nitrogens with zero attached hydrogens (tertiary/aromatic N) is 4. The molecule has 7 rings (SSSR count). The number of carbonyl (C=O) groups is 4. The number of allylic oxidation sites excluding steroid dienone is 1. The molecule has 1 aromatic carbocycles. The minimum absolute atomic E-state index is 0.00142. The number of aryl methyl sites for hydroxylation is 1. The van der Waals surface area contributed by atoms with Gasteiger partial charge in [-0.15, -0.1) is 0 Å². The highest BCUT2D eigenvalue weighted by atomic mass is 35.5. The van der Waals surface area contributed by atoms with Gasteiger partial charge in [-0.1, -0.05) is 48.2 Å². The van der Waals surface area contributed by atoms with Crippen LogP contribution in [0.4, 0.5) is 0 Å². The number of fused-ring (bicyclic) bond motifs is 3. The second kappa shape index (κ2) is 15.7. The van der Waals surface area contributed by atoms with Crippen LogP contribution in [0.5, 0.6) is 11.6 Å². The molecular weight excluding hydrogens is 797 g/mol. The molecule has 3 aromatic rings. The van der Waals surface area contributed by atoms with E-state index in [0.29, 0.717) is 48.8 Å². The number of halogens is 2. The van der Waals surface area contributed by atoms with Gasteiger partial charge in [-0.2, -0.15) is 5.10 Å². The smallest absolute Gasteiger partial charge is 0.272 e. The van der Waals surface area contributed by atoms with E-state index in [1.165, 1.54) is 9.58 Å². The average molecular weight is 845 g/mol. The first kappa shape index (κ1) is 40.8. The summed E-state index contributed by atoms with van der Waals surface area (Å²) in [5.41, 5.74) is -1.08. The Kier molecular flexibility index (Phi) is 11.3. The van der Waals surface area contributed by atoms with Crippen molar-refractivity contribution < 1.29 is 37.1 Å². The topological polar surface area (TPSA) is 191 Å². The van der Waals surface area contributed by atoms with Gasteiger partial charge in [-0.3, -0.25) is 28.6 Å². The Morgan fingerprint density at radius 2 is 1.88 bits per heavy atom. The molecule has 306 valence electrons. The lowest BCUT2D eigenvalue weighted by atomic mass is 10.0. The number of hydrogen-bond donors (Lipinski definition) is 3. The minimum atomic E-state index is -4.01. The Morgan fingerprint density at radius 1 is 1.11 bits per heavy atom. The van der Waals surface area contributed by atoms with Gasteiger partial charge in [0.1, 0.15) is 35.2 Å². The van der Waals surface area contributed by atoms with Crippen LogP contribution in [0.2, 0.25) is 10.0 Å². The van der Waals surface area contributed by atoms with Crippen LogP contribution in [0.15, 0.2) is 42.6 Å². The summed E-state index contributed by atoms with van der Waals surface area (Å²) in [5.74, 6) is -2.42. The van der Waals surface area contributed by atoms with Crippen LogP contribution >= 0.6 is 23.2 Å². The van der Waals surface area contributed by atoms with Crippen molar-refractivity contribution in [3.05, 3.63) is 58.4 Å². The van der Waals surface area contributed by atoms with Crippen LogP contribution in [-0.4, -0.2) is 92.8 Å². The van der Waals surface area contributed by atoms with E-state index in [2.05, 4.69) is 25.4 Å². The highest BCUT2D eigenvalue weighted by Crippen LogP contribution is 2.48. The SMILES string of the molecule is CC(C)Oc1cc(O[C@@H]2C[C@H]3C(=O)N[C@]4(C(=O)NS(=O)(=O)C5(C)CC5)C[C@H]4C=CCCCCC[C@H](NC(=O)c4ccn(C)n4)C(=O)N3C2)c2ccc(Cl)c(Cl)c2n1. The molecule has 18 heteroatoms. The zero-order valence-corrected chi connectivity index (χ0v) is 34.5. The summed E-state index contributed by atoms with van der Waals surface area (Å²) in [5, 5.41) is 10.9. The Hall–Kier alpha value is -4.41. The van der Waals surface area contributed by atoms with Crippen LogP contribution in [0.25, 0.3) is 10.9 Å². The number of amides is 4. The van der Waals surface area contributed by atoms with Crippen LogP contribution in [0.1, 0.15) is 89.0 Å². The molecule has 4 heterocycles. The van der Waals surface area contributed by atoms with E-state index in [1.807, 2.05) is 26.0 Å². The van der Waals surface area contributed by atoms with Crippen molar-refractivity contribution >= 4 is 67.8 Å². The molecule has 3 N–H and O–H groups in total. The lowest BCUT2D eigenvalue weighted by Gasteiger charge is -2.30. The first-order chi connectivity index (χ1) is 27.0. The third-order valence-corrected chi connectivity index (χ3v) is 14.1. The number of hydrogen-bond acceptors (Lipinski definition) is 10. The molecule has 2 aliphatic carbocycles. The fourth-order valence-corrected chi connectivity index (χ4v) is 9.15. The standard InChI is InChI=1S/C39H47Cl2N7O8S/c1-22(2)55-31-19-30(25-12-13-26(40)32(41)33(25)43-31)56-24-18-29-35(50)44-39(37(52)46-57(53,54)38(3)15-16-38)20-23(39)10-8-6-5-7-9-11-28(36(51)48(29)21-24)42-34(49)27-14-17-47(4)45-27/h8,10,12-14,17,19,22-24,28-29H,5-7,9,11,15-16,18,20-21H2,1-4H3,(H,42,49)(H,44,50)(H,46,52)/t23-,24-,28+,29+,39-/m1/s1. The molecule has 0 bridgehead atoms. The van der Waals surface area contributed by atoms with Gasteiger partial charge >= 0.3 is 0 Å². The fraction of sp³-hybridized carbons (Fsp3) is 0.538. The van der Waals surface area contributed by atoms with Crippen molar-refractivity contribution in [1.82, 2.24) is 35.0 Å². The maximum absolute atomic E-state index is 14.7. The molecule has 4 amide bonds. The second-order valence-electron chi connectivity index (χ2n) is 16.0. The van der Waals surface area contributed by atoms with E-state index < -0.39 is 68.0 Å². The van der Waals surface area contributed by atoms with Crippen LogP contribution in [0.3, 0.4) is 0 Å². The minimum Gasteiger partial charge on any atom is -0.488 e. The Morgan fingerprint density at radius 3 is 2.58 bits per heavy atom. The lowest BCUT2D eigenvalue weighted by Crippen LogP contribution is -2.58. The molecule has 0 radical (unpaired) electrons. The predicted molar refractivity (Wildman–Crippen MR) is 212 cm³/mol. The van der Waals surface area contributed by atoms with Crippen LogP contribution in [0, 0.1) is 5.92 Å². The fourth-order valence-electron chi connectivity index (χ4n) is 7.47. The molecule has 15 nitrogen and oxygen atoms in total. The number of carbonyl (C=O) groups excluding carboxylic acids is 4. The maximum atomic E-state index is 14.7. The molecule has 57 heavy (non-hydrogen) atoms. The molecule has 2 aromatic heterocycles. The number of pyridine rings is 1. The van der Waals surface area contributed by atoms with E-state index in [4.69, 9.17) is 32.7 Å². The van der Waals surface area contributed by atoms with Crippen molar-refractivity contribution in [1.29, 1.82) is 0 Å². The molecule has 3 fully saturated rings. The molecule has 0 spiro atoms. The Bertz CT molecular complexity index is 2240. The van der Waals surface area contributed by atoms with E-state index in [1.54, 1.807) is 44.4 Å². The number of nitrogens with one attached hydrogen (secondary N) is 3. The van der Waals surface area contributed by atoms with Crippen molar-refractivity contribution in [3.8, 4) is 11.6 Å². The predicted octanol–water partition coefficient (Wildman–Crippen LogP) is 4.60. The third-order valence-electron chi connectivity index (χ3n) is 11.2. The third kappa shape index (κ3) is 8.44. The first-order valence-electron chi connectivity index (χ1n) is 19.3. The zero-order valence-electron chi connectivity index (χ0n) is 32.2. The Balaban J connectivity index is 1.23. The number of ether oxygens (including phenoxy) is 2. The molecule has 0 unspecified atom stereocenters. The number of benzene rings is 1. The van der Waals surface area contributed by atoms with Gasteiger partial charge in [0.15, 0.2) is 0 Å². The number of aromatic nitrogens is 3. The maximum Gasteiger partial charge on any atom is 0.272 e. The lowest BCUT2D eigenvalue weighted by molar-refractivity contribution is -0.141. The van der Waals surface area contributed by atoms with Crippen LogP contribution < -0.4 is 24.8 Å². The second-order valence-corrected chi connectivity index (χ2v) is 19.0. The first-order valence-corrected chi connectivity index (χ1v) is 21.5. The summed E-state index contributed by atoms with van der Waals surface area (Å²) >= 11 is 12.9. The Labute approximate surface area is 341 Å². The van der Waals surface area contributed by atoms with Gasteiger partial charge in [-0.25, -0.2) is 13.4 Å². The summed E-state index contributed by atoms with van der Waals surface area (Å²) < 4.78 is 41.6. The van der Waals surface area contributed by atoms with Crippen molar-refractivity contribution in [3.63, 3.8) is 0 Å². The summed E-state index contributed by atoms with van der Waals surface area (Å²) in [4.78, 5) is 62.5. The van der Waals surface area contributed by atoms with Crippen LogP contribution in [-0.2, 0) is 31.5 Å².